The second-order valence-electron chi connectivity index (χ2n) is 5.64. The first-order valence-electron chi connectivity index (χ1n) is 8.19. The predicted molar refractivity (Wildman–Crippen MR) is 93.7 cm³/mol. The minimum atomic E-state index is -0.638. The van der Waals surface area contributed by atoms with E-state index >= 15 is 0 Å². The molecular weight excluding hydrogens is 322 g/mol. The van der Waals surface area contributed by atoms with Gasteiger partial charge in [0.2, 0.25) is 5.91 Å². The first kappa shape index (κ1) is 18.5. The third kappa shape index (κ3) is 3.81. The lowest BCUT2D eigenvalue weighted by Crippen LogP contribution is -2.47. The van der Waals surface area contributed by atoms with E-state index in [-0.39, 0.29) is 11.9 Å². The van der Waals surface area contributed by atoms with Crippen LogP contribution in [0.1, 0.15) is 38.8 Å². The number of nitrogens with zero attached hydrogens (tertiary/aromatic N) is 1. The fraction of sp³-hybridized carbons (Fsp3) is 0.389. The van der Waals surface area contributed by atoms with Crippen LogP contribution in [-0.4, -0.2) is 36.5 Å². The molecule has 1 unspecified atom stereocenters. The molecular formula is C18H23N3O4. The maximum Gasteiger partial charge on any atom is 0.337 e. The average Bonchev–Trinajstić information content (AvgIpc) is 2.61. The smallest absolute Gasteiger partial charge is 0.337 e. The van der Waals surface area contributed by atoms with Gasteiger partial charge in [-0.1, -0.05) is 19.1 Å². The van der Waals surface area contributed by atoms with Crippen LogP contribution in [0.15, 0.2) is 35.5 Å². The fourth-order valence-electron chi connectivity index (χ4n) is 2.83. The van der Waals surface area contributed by atoms with Gasteiger partial charge < -0.3 is 15.4 Å². The van der Waals surface area contributed by atoms with Crippen LogP contribution >= 0.6 is 0 Å². The molecule has 1 atom stereocenters. The van der Waals surface area contributed by atoms with E-state index in [9.17, 15) is 14.4 Å². The summed E-state index contributed by atoms with van der Waals surface area (Å²) in [5, 5.41) is 5.62. The van der Waals surface area contributed by atoms with Gasteiger partial charge in [-0.3, -0.25) is 9.69 Å². The summed E-state index contributed by atoms with van der Waals surface area (Å²) in [5.41, 5.74) is 2.24. The standard InChI is InChI=1S/C18H23N3O4/c1-5-14(22)19-13-9-7-8-12(10-13)16-15(17(23)25-4)11(3)21(6-2)18(24)20-16/h7-10,16H,5-6H2,1-4H3,(H,19,22)(H,20,24). The summed E-state index contributed by atoms with van der Waals surface area (Å²) in [6.45, 7) is 5.77. The lowest BCUT2D eigenvalue weighted by atomic mass is 9.94. The Morgan fingerprint density at radius 3 is 2.64 bits per heavy atom. The highest BCUT2D eigenvalue weighted by Crippen LogP contribution is 2.32. The van der Waals surface area contributed by atoms with Gasteiger partial charge in [0.25, 0.3) is 0 Å². The van der Waals surface area contributed by atoms with E-state index in [4.69, 9.17) is 4.74 Å². The summed E-state index contributed by atoms with van der Waals surface area (Å²) in [5.74, 6) is -0.606. The van der Waals surface area contributed by atoms with Gasteiger partial charge in [-0.15, -0.1) is 0 Å². The van der Waals surface area contributed by atoms with Gasteiger partial charge in [0.1, 0.15) is 0 Å². The number of carbonyl (C=O) groups is 3. The molecule has 1 aromatic rings. The van der Waals surface area contributed by atoms with Crippen LogP contribution < -0.4 is 10.6 Å². The first-order chi connectivity index (χ1) is 11.9. The van der Waals surface area contributed by atoms with Crippen LogP contribution in [0, 0.1) is 0 Å². The van der Waals surface area contributed by atoms with Crippen molar-refractivity contribution in [3.63, 3.8) is 0 Å². The molecule has 3 amide bonds. The van der Waals surface area contributed by atoms with Crippen LogP contribution in [0.5, 0.6) is 0 Å². The molecule has 0 saturated carbocycles. The third-order valence-electron chi connectivity index (χ3n) is 4.14. The molecule has 2 rings (SSSR count). The van der Waals surface area contributed by atoms with Crippen molar-refractivity contribution in [2.24, 2.45) is 0 Å². The molecule has 25 heavy (non-hydrogen) atoms. The van der Waals surface area contributed by atoms with E-state index in [2.05, 4.69) is 10.6 Å². The zero-order valence-electron chi connectivity index (χ0n) is 14.9. The number of hydrogen-bond acceptors (Lipinski definition) is 4. The number of esters is 1. The summed E-state index contributed by atoms with van der Waals surface area (Å²) in [6, 6.07) is 6.15. The number of anilines is 1. The molecule has 7 heteroatoms. The van der Waals surface area contributed by atoms with E-state index in [1.807, 2.05) is 6.92 Å². The second kappa shape index (κ2) is 7.83. The van der Waals surface area contributed by atoms with E-state index in [1.54, 1.807) is 38.1 Å². The minimum Gasteiger partial charge on any atom is -0.466 e. The van der Waals surface area contributed by atoms with Gasteiger partial charge in [0, 0.05) is 24.4 Å². The van der Waals surface area contributed by atoms with E-state index in [0.29, 0.717) is 35.5 Å². The lowest BCUT2D eigenvalue weighted by molar-refractivity contribution is -0.136. The van der Waals surface area contributed by atoms with Crippen molar-refractivity contribution >= 4 is 23.6 Å². The van der Waals surface area contributed by atoms with Gasteiger partial charge >= 0.3 is 12.0 Å². The first-order valence-corrected chi connectivity index (χ1v) is 8.19. The Hall–Kier alpha value is -2.83. The number of allylic oxidation sites excluding steroid dienone is 1. The summed E-state index contributed by atoms with van der Waals surface area (Å²) < 4.78 is 4.91. The van der Waals surface area contributed by atoms with Gasteiger partial charge in [0.05, 0.1) is 18.7 Å². The molecule has 0 bridgehead atoms. The Morgan fingerprint density at radius 2 is 2.04 bits per heavy atom. The van der Waals surface area contributed by atoms with Crippen molar-refractivity contribution in [2.75, 3.05) is 19.0 Å². The summed E-state index contributed by atoms with van der Waals surface area (Å²) in [7, 11) is 1.31. The number of ether oxygens (including phenoxy) is 1. The van der Waals surface area contributed by atoms with Crippen LogP contribution in [0.2, 0.25) is 0 Å². The summed E-state index contributed by atoms with van der Waals surface area (Å²) >= 11 is 0. The number of amides is 3. The van der Waals surface area contributed by atoms with Gasteiger partial charge in [-0.25, -0.2) is 9.59 Å². The number of carbonyl (C=O) groups excluding carboxylic acids is 3. The van der Waals surface area contributed by atoms with Crippen molar-refractivity contribution < 1.29 is 19.1 Å². The second-order valence-corrected chi connectivity index (χ2v) is 5.64. The fourth-order valence-corrected chi connectivity index (χ4v) is 2.83. The Morgan fingerprint density at radius 1 is 1.32 bits per heavy atom. The number of nitrogens with one attached hydrogen (secondary N) is 2. The molecule has 0 radical (unpaired) electrons. The Kier molecular flexibility index (Phi) is 5.80. The predicted octanol–water partition coefficient (Wildman–Crippen LogP) is 2.57. The minimum absolute atomic E-state index is 0.109. The lowest BCUT2D eigenvalue weighted by Gasteiger charge is -2.34. The SMILES string of the molecule is CCC(=O)Nc1cccc(C2NC(=O)N(CC)C(C)=C2C(=O)OC)c1. The third-order valence-corrected chi connectivity index (χ3v) is 4.14. The molecule has 2 N–H and O–H groups in total. The molecule has 0 fully saturated rings. The summed E-state index contributed by atoms with van der Waals surface area (Å²) in [6.07, 6.45) is 0.363. The number of hydrogen-bond donors (Lipinski definition) is 2. The maximum atomic E-state index is 12.3. The number of urea groups is 1. The average molecular weight is 345 g/mol. The van der Waals surface area contributed by atoms with Crippen LogP contribution in [0.4, 0.5) is 10.5 Å². The molecule has 1 aliphatic rings. The normalized spacial score (nSPS) is 17.2. The topological polar surface area (TPSA) is 87.7 Å². The number of benzene rings is 1. The van der Waals surface area contributed by atoms with Crippen molar-refractivity contribution in [3.8, 4) is 0 Å². The maximum absolute atomic E-state index is 12.3. The monoisotopic (exact) mass is 345 g/mol. The van der Waals surface area contributed by atoms with Crippen molar-refractivity contribution in [1.29, 1.82) is 0 Å². The quantitative estimate of drug-likeness (QED) is 0.803. The molecule has 1 aromatic carbocycles. The molecule has 0 spiro atoms. The molecule has 0 aliphatic carbocycles. The largest absolute Gasteiger partial charge is 0.466 e. The van der Waals surface area contributed by atoms with E-state index in [0.717, 1.165) is 0 Å². The summed E-state index contributed by atoms with van der Waals surface area (Å²) in [4.78, 5) is 37.7. The molecule has 0 aromatic heterocycles. The highest BCUT2D eigenvalue weighted by Gasteiger charge is 2.35. The Balaban J connectivity index is 2.47. The molecule has 1 aliphatic heterocycles. The van der Waals surface area contributed by atoms with Crippen LogP contribution in [0.3, 0.4) is 0 Å². The van der Waals surface area contributed by atoms with Crippen molar-refractivity contribution in [3.05, 3.63) is 41.1 Å². The van der Waals surface area contributed by atoms with Gasteiger partial charge in [-0.05, 0) is 31.5 Å². The highest BCUT2D eigenvalue weighted by molar-refractivity contribution is 5.95. The zero-order valence-corrected chi connectivity index (χ0v) is 14.9. The van der Waals surface area contributed by atoms with Crippen LogP contribution in [-0.2, 0) is 14.3 Å². The number of rotatable bonds is 5. The number of methoxy groups -OCH3 is 1. The van der Waals surface area contributed by atoms with E-state index < -0.39 is 12.0 Å². The van der Waals surface area contributed by atoms with Gasteiger partial charge in [0.15, 0.2) is 0 Å². The molecule has 0 saturated heterocycles. The molecule has 134 valence electrons. The molecule has 7 nitrogen and oxygen atoms in total. The Labute approximate surface area is 147 Å². The van der Waals surface area contributed by atoms with Crippen LogP contribution in [0.25, 0.3) is 0 Å². The van der Waals surface area contributed by atoms with Gasteiger partial charge in [-0.2, -0.15) is 0 Å². The zero-order chi connectivity index (χ0) is 18.6. The highest BCUT2D eigenvalue weighted by atomic mass is 16.5. The van der Waals surface area contributed by atoms with E-state index in [1.165, 1.54) is 12.0 Å². The Bertz CT molecular complexity index is 727. The molecule has 1 heterocycles. The van der Waals surface area contributed by atoms with Crippen molar-refractivity contribution in [1.82, 2.24) is 10.2 Å². The van der Waals surface area contributed by atoms with Crippen molar-refractivity contribution in [2.45, 2.75) is 33.2 Å².